The maximum atomic E-state index is 12.9. The molecular formula is C16H17BrO2. The highest BCUT2D eigenvalue weighted by Gasteiger charge is 2.58. The lowest BCUT2D eigenvalue weighted by molar-refractivity contribution is -0.122. The third-order valence-electron chi connectivity index (χ3n) is 5.19. The summed E-state index contributed by atoms with van der Waals surface area (Å²) in [5, 5.41) is 0. The summed E-state index contributed by atoms with van der Waals surface area (Å²) in [6, 6.07) is 5.99. The van der Waals surface area contributed by atoms with E-state index in [1.165, 1.54) is 0 Å². The summed E-state index contributed by atoms with van der Waals surface area (Å²) in [5.41, 5.74) is 1.42. The Morgan fingerprint density at radius 1 is 1.11 bits per heavy atom. The monoisotopic (exact) mass is 320 g/mol. The molecule has 3 heteroatoms. The number of rotatable bonds is 0. The van der Waals surface area contributed by atoms with Crippen LogP contribution in [0.25, 0.3) is 0 Å². The molecule has 2 aliphatic rings. The minimum atomic E-state index is -0.371. The normalized spacial score (nSPS) is 23.7. The van der Waals surface area contributed by atoms with Gasteiger partial charge in [-0.1, -0.05) is 35.8 Å². The lowest BCUT2D eigenvalue weighted by atomic mass is 9.58. The van der Waals surface area contributed by atoms with E-state index in [-0.39, 0.29) is 16.6 Å². The van der Waals surface area contributed by atoms with Gasteiger partial charge in [0.1, 0.15) is 5.78 Å². The molecule has 1 fully saturated rings. The fourth-order valence-electron chi connectivity index (χ4n) is 3.86. The Morgan fingerprint density at radius 3 is 2.37 bits per heavy atom. The smallest absolute Gasteiger partial charge is 0.170 e. The van der Waals surface area contributed by atoms with E-state index in [0.717, 1.165) is 15.6 Å². The molecule has 0 atom stereocenters. The molecule has 0 heterocycles. The van der Waals surface area contributed by atoms with Gasteiger partial charge in [0.15, 0.2) is 5.78 Å². The first-order valence-corrected chi connectivity index (χ1v) is 7.54. The third kappa shape index (κ3) is 1.60. The molecule has 3 rings (SSSR count). The number of carbonyl (C=O) groups excluding carboxylic acids is 2. The van der Waals surface area contributed by atoms with Gasteiger partial charge in [0.05, 0.1) is 0 Å². The van der Waals surface area contributed by atoms with Crippen LogP contribution in [0.1, 0.15) is 55.5 Å². The summed E-state index contributed by atoms with van der Waals surface area (Å²) in [7, 11) is 0. The number of hydrogen-bond donors (Lipinski definition) is 0. The largest absolute Gasteiger partial charge is 0.300 e. The predicted octanol–water partition coefficient (Wildman–Crippen LogP) is 4.05. The van der Waals surface area contributed by atoms with E-state index in [4.69, 9.17) is 0 Å². The SMILES string of the molecule is CC1(C)c2ccc(Br)cc2C(=O)C12CCC(=O)CC2. The van der Waals surface area contributed by atoms with Crippen LogP contribution in [0.4, 0.5) is 0 Å². The molecule has 0 bridgehead atoms. The van der Waals surface area contributed by atoms with Gasteiger partial charge in [-0.15, -0.1) is 0 Å². The minimum absolute atomic E-state index is 0.180. The van der Waals surface area contributed by atoms with Crippen molar-refractivity contribution in [3.05, 3.63) is 33.8 Å². The van der Waals surface area contributed by atoms with Crippen LogP contribution >= 0.6 is 15.9 Å². The van der Waals surface area contributed by atoms with Gasteiger partial charge in [0, 0.05) is 33.7 Å². The highest BCUT2D eigenvalue weighted by atomic mass is 79.9. The zero-order chi connectivity index (χ0) is 13.8. The van der Waals surface area contributed by atoms with Gasteiger partial charge in [-0.05, 0) is 30.5 Å². The zero-order valence-electron chi connectivity index (χ0n) is 11.3. The highest BCUT2D eigenvalue weighted by molar-refractivity contribution is 9.10. The van der Waals surface area contributed by atoms with Crippen LogP contribution in [-0.4, -0.2) is 11.6 Å². The lowest BCUT2D eigenvalue weighted by Crippen LogP contribution is -2.44. The van der Waals surface area contributed by atoms with Gasteiger partial charge in [0.2, 0.25) is 0 Å². The highest BCUT2D eigenvalue weighted by Crippen LogP contribution is 2.58. The molecule has 1 saturated carbocycles. The Balaban J connectivity index is 2.15. The van der Waals surface area contributed by atoms with Crippen LogP contribution in [0.15, 0.2) is 22.7 Å². The summed E-state index contributed by atoms with van der Waals surface area (Å²) in [4.78, 5) is 24.4. The molecule has 0 unspecified atom stereocenters. The second-order valence-electron chi connectivity index (χ2n) is 6.26. The van der Waals surface area contributed by atoms with Gasteiger partial charge < -0.3 is 0 Å². The number of benzene rings is 1. The van der Waals surface area contributed by atoms with E-state index in [2.05, 4.69) is 35.8 Å². The number of ketones is 2. The summed E-state index contributed by atoms with van der Waals surface area (Å²) in [6.45, 7) is 4.31. The number of hydrogen-bond acceptors (Lipinski definition) is 2. The van der Waals surface area contributed by atoms with Crippen molar-refractivity contribution in [3.63, 3.8) is 0 Å². The molecule has 0 amide bonds. The Hall–Kier alpha value is -0.960. The Labute approximate surface area is 121 Å². The molecule has 100 valence electrons. The molecule has 1 spiro atoms. The first kappa shape index (κ1) is 13.0. The van der Waals surface area contributed by atoms with Gasteiger partial charge in [0.25, 0.3) is 0 Å². The van der Waals surface area contributed by atoms with Crippen LogP contribution in [-0.2, 0) is 10.2 Å². The minimum Gasteiger partial charge on any atom is -0.300 e. The number of fused-ring (bicyclic) bond motifs is 1. The average molecular weight is 321 g/mol. The molecule has 0 saturated heterocycles. The molecule has 0 aliphatic heterocycles. The van der Waals surface area contributed by atoms with Crippen molar-refractivity contribution < 1.29 is 9.59 Å². The van der Waals surface area contributed by atoms with E-state index >= 15 is 0 Å². The van der Waals surface area contributed by atoms with E-state index in [9.17, 15) is 9.59 Å². The van der Waals surface area contributed by atoms with Crippen molar-refractivity contribution >= 4 is 27.5 Å². The van der Waals surface area contributed by atoms with Crippen LogP contribution < -0.4 is 0 Å². The number of halogens is 1. The van der Waals surface area contributed by atoms with Crippen molar-refractivity contribution in [2.45, 2.75) is 44.9 Å². The van der Waals surface area contributed by atoms with Crippen LogP contribution in [0.5, 0.6) is 0 Å². The van der Waals surface area contributed by atoms with Gasteiger partial charge in [-0.25, -0.2) is 0 Å². The molecule has 2 aliphatic carbocycles. The van der Waals surface area contributed by atoms with Crippen molar-refractivity contribution in [3.8, 4) is 0 Å². The standard InChI is InChI=1S/C16H17BrO2/c1-15(2)13-4-3-10(17)9-12(13)14(19)16(15)7-5-11(18)6-8-16/h3-4,9H,5-8H2,1-2H3. The Kier molecular flexibility index (Phi) is 2.76. The molecule has 1 aromatic carbocycles. The van der Waals surface area contributed by atoms with Gasteiger partial charge in [-0.2, -0.15) is 0 Å². The number of carbonyl (C=O) groups is 2. The maximum Gasteiger partial charge on any atom is 0.170 e. The van der Waals surface area contributed by atoms with Crippen molar-refractivity contribution in [1.29, 1.82) is 0 Å². The fraction of sp³-hybridized carbons (Fsp3) is 0.500. The fourth-order valence-corrected chi connectivity index (χ4v) is 4.22. The molecule has 2 nitrogen and oxygen atoms in total. The van der Waals surface area contributed by atoms with Crippen LogP contribution in [0, 0.1) is 5.41 Å². The second-order valence-corrected chi connectivity index (χ2v) is 7.18. The third-order valence-corrected chi connectivity index (χ3v) is 5.69. The quantitative estimate of drug-likeness (QED) is 0.722. The van der Waals surface area contributed by atoms with Gasteiger partial charge >= 0.3 is 0 Å². The van der Waals surface area contributed by atoms with E-state index < -0.39 is 0 Å². The van der Waals surface area contributed by atoms with Crippen molar-refractivity contribution in [2.75, 3.05) is 0 Å². The van der Waals surface area contributed by atoms with Gasteiger partial charge in [-0.3, -0.25) is 9.59 Å². The van der Waals surface area contributed by atoms with Crippen molar-refractivity contribution in [2.24, 2.45) is 5.41 Å². The topological polar surface area (TPSA) is 34.1 Å². The second kappa shape index (κ2) is 4.02. The van der Waals surface area contributed by atoms with Crippen LogP contribution in [0.2, 0.25) is 0 Å². The average Bonchev–Trinajstić information content (AvgIpc) is 2.52. The molecular weight excluding hydrogens is 304 g/mol. The summed E-state index contributed by atoms with van der Waals surface area (Å²) < 4.78 is 0.944. The molecule has 1 aromatic rings. The van der Waals surface area contributed by atoms with E-state index in [1.54, 1.807) is 0 Å². The van der Waals surface area contributed by atoms with E-state index in [1.807, 2.05) is 12.1 Å². The Bertz CT molecular complexity index is 576. The first-order chi connectivity index (χ1) is 8.88. The van der Waals surface area contributed by atoms with Crippen LogP contribution in [0.3, 0.4) is 0 Å². The number of Topliss-reactive ketones (excluding diaryl/α,β-unsaturated/α-hetero) is 2. The molecule has 19 heavy (non-hydrogen) atoms. The zero-order valence-corrected chi connectivity index (χ0v) is 12.8. The first-order valence-electron chi connectivity index (χ1n) is 6.75. The maximum absolute atomic E-state index is 12.9. The molecule has 0 aromatic heterocycles. The lowest BCUT2D eigenvalue weighted by Gasteiger charge is -2.42. The summed E-state index contributed by atoms with van der Waals surface area (Å²) in [6.07, 6.45) is 2.49. The molecule has 0 N–H and O–H groups in total. The van der Waals surface area contributed by atoms with E-state index in [0.29, 0.717) is 31.5 Å². The summed E-state index contributed by atoms with van der Waals surface area (Å²) in [5.74, 6) is 0.535. The Morgan fingerprint density at radius 2 is 1.74 bits per heavy atom. The summed E-state index contributed by atoms with van der Waals surface area (Å²) >= 11 is 3.45. The van der Waals surface area contributed by atoms with Crippen molar-refractivity contribution in [1.82, 2.24) is 0 Å². The molecule has 0 radical (unpaired) electrons. The predicted molar refractivity (Wildman–Crippen MR) is 77.4 cm³/mol.